The topological polar surface area (TPSA) is 64.6 Å². The molecule has 132 valence electrons. The number of amides is 1. The highest BCUT2D eigenvalue weighted by atomic mass is 16.5. The highest BCUT2D eigenvalue weighted by molar-refractivity contribution is 5.78. The number of esters is 1. The lowest BCUT2D eigenvalue weighted by Crippen LogP contribution is -2.36. The maximum atomic E-state index is 11.7. The molecule has 1 amide bonds. The van der Waals surface area contributed by atoms with Gasteiger partial charge in [0, 0.05) is 6.20 Å². The smallest absolute Gasteiger partial charge is 0.309 e. The van der Waals surface area contributed by atoms with Gasteiger partial charge in [-0.3, -0.25) is 9.59 Å². The Kier molecular flexibility index (Phi) is 8.31. The number of rotatable bonds is 8. The minimum atomic E-state index is -0.301. The van der Waals surface area contributed by atoms with Crippen molar-refractivity contribution < 1.29 is 19.1 Å². The molecule has 0 saturated heterocycles. The van der Waals surface area contributed by atoms with Crippen LogP contribution in [0.5, 0.6) is 0 Å². The Labute approximate surface area is 139 Å². The van der Waals surface area contributed by atoms with Crippen molar-refractivity contribution in [1.29, 1.82) is 0 Å². The molecule has 0 heterocycles. The Morgan fingerprint density at radius 3 is 2.78 bits per heavy atom. The molecular weight excluding hydrogens is 294 g/mol. The molecule has 0 radical (unpaired) electrons. The van der Waals surface area contributed by atoms with Crippen LogP contribution in [-0.2, 0) is 19.1 Å². The number of hydrogen-bond acceptors (Lipinski definition) is 4. The van der Waals surface area contributed by atoms with Gasteiger partial charge in [0.25, 0.3) is 0 Å². The fourth-order valence-corrected chi connectivity index (χ4v) is 2.89. The van der Waals surface area contributed by atoms with Gasteiger partial charge in [0.15, 0.2) is 0 Å². The predicted octanol–water partition coefficient (Wildman–Crippen LogP) is 3.19. The van der Waals surface area contributed by atoms with E-state index in [1.807, 2.05) is 0 Å². The van der Waals surface area contributed by atoms with E-state index < -0.39 is 0 Å². The normalized spacial score (nSPS) is 24.8. The quantitative estimate of drug-likeness (QED) is 0.696. The molecule has 0 aliphatic heterocycles. The lowest BCUT2D eigenvalue weighted by atomic mass is 9.67. The van der Waals surface area contributed by atoms with E-state index in [9.17, 15) is 9.59 Å². The third-order valence-electron chi connectivity index (χ3n) is 4.76. The van der Waals surface area contributed by atoms with E-state index >= 15 is 0 Å². The minimum Gasteiger partial charge on any atom is -0.466 e. The summed E-state index contributed by atoms with van der Waals surface area (Å²) in [7, 11) is 0. The number of carbonyl (C=O) groups is 2. The van der Waals surface area contributed by atoms with Crippen LogP contribution in [0.15, 0.2) is 12.3 Å². The van der Waals surface area contributed by atoms with E-state index in [0.29, 0.717) is 17.9 Å². The van der Waals surface area contributed by atoms with Crippen LogP contribution in [0, 0.1) is 11.3 Å². The standard InChI is InChI=1S/C18H31NO4/c1-5-22-17(21)9-7-11-19-16(20)13-23-15-8-6-10-18(4,12-15)14(2)3/h7,11,14-15H,5-6,8-10,12-13H2,1-4H3,(H,19,20). The monoisotopic (exact) mass is 325 g/mol. The molecule has 1 rings (SSSR count). The third-order valence-corrected chi connectivity index (χ3v) is 4.76. The number of hydrogen-bond donors (Lipinski definition) is 1. The van der Waals surface area contributed by atoms with E-state index in [1.165, 1.54) is 12.6 Å². The van der Waals surface area contributed by atoms with E-state index in [1.54, 1.807) is 13.0 Å². The zero-order chi connectivity index (χ0) is 17.3. The molecular formula is C18H31NO4. The summed E-state index contributed by atoms with van der Waals surface area (Å²) in [5.41, 5.74) is 0.304. The Balaban J connectivity index is 2.25. The summed E-state index contributed by atoms with van der Waals surface area (Å²) in [6.45, 7) is 9.00. The van der Waals surface area contributed by atoms with E-state index in [2.05, 4.69) is 26.1 Å². The highest BCUT2D eigenvalue weighted by Crippen LogP contribution is 2.42. The van der Waals surface area contributed by atoms with Gasteiger partial charge in [-0.15, -0.1) is 0 Å². The largest absolute Gasteiger partial charge is 0.466 e. The maximum absolute atomic E-state index is 11.7. The summed E-state index contributed by atoms with van der Waals surface area (Å²) in [5.74, 6) is 0.125. The Bertz CT molecular complexity index is 419. The van der Waals surface area contributed by atoms with Crippen LogP contribution in [-0.4, -0.2) is 31.2 Å². The molecule has 0 aromatic rings. The van der Waals surface area contributed by atoms with Gasteiger partial charge in [-0.25, -0.2) is 0 Å². The van der Waals surface area contributed by atoms with E-state index in [-0.39, 0.29) is 31.0 Å². The predicted molar refractivity (Wildman–Crippen MR) is 89.7 cm³/mol. The lowest BCUT2D eigenvalue weighted by Gasteiger charge is -2.41. The van der Waals surface area contributed by atoms with Crippen LogP contribution in [0.4, 0.5) is 0 Å². The Morgan fingerprint density at radius 1 is 1.39 bits per heavy atom. The molecule has 2 atom stereocenters. The Morgan fingerprint density at radius 2 is 2.13 bits per heavy atom. The van der Waals surface area contributed by atoms with Crippen LogP contribution in [0.3, 0.4) is 0 Å². The molecule has 5 heteroatoms. The molecule has 23 heavy (non-hydrogen) atoms. The summed E-state index contributed by atoms with van der Waals surface area (Å²) in [5, 5.41) is 2.61. The van der Waals surface area contributed by atoms with Crippen molar-refractivity contribution in [2.45, 2.75) is 65.9 Å². The molecule has 2 unspecified atom stereocenters. The molecule has 0 aromatic carbocycles. The van der Waals surface area contributed by atoms with Gasteiger partial charge in [0.05, 0.1) is 19.1 Å². The first kappa shape index (κ1) is 19.7. The van der Waals surface area contributed by atoms with Crippen LogP contribution in [0.25, 0.3) is 0 Å². The highest BCUT2D eigenvalue weighted by Gasteiger charge is 2.35. The number of carbonyl (C=O) groups excluding carboxylic acids is 2. The first-order chi connectivity index (χ1) is 10.9. The van der Waals surface area contributed by atoms with Gasteiger partial charge in [-0.2, -0.15) is 0 Å². The second-order valence-electron chi connectivity index (χ2n) is 6.82. The third kappa shape index (κ3) is 7.16. The molecule has 1 aliphatic rings. The van der Waals surface area contributed by atoms with Crippen molar-refractivity contribution in [3.8, 4) is 0 Å². The van der Waals surface area contributed by atoms with Crippen LogP contribution in [0.2, 0.25) is 0 Å². The fourth-order valence-electron chi connectivity index (χ4n) is 2.89. The zero-order valence-electron chi connectivity index (χ0n) is 14.9. The number of ether oxygens (including phenoxy) is 2. The summed E-state index contributed by atoms with van der Waals surface area (Å²) in [6, 6.07) is 0. The molecule has 0 bridgehead atoms. The van der Waals surface area contributed by atoms with E-state index in [4.69, 9.17) is 9.47 Å². The van der Waals surface area contributed by atoms with Gasteiger partial charge in [-0.05, 0) is 37.5 Å². The van der Waals surface area contributed by atoms with Gasteiger partial charge < -0.3 is 14.8 Å². The van der Waals surface area contributed by atoms with Gasteiger partial charge >= 0.3 is 5.97 Å². The summed E-state index contributed by atoms with van der Waals surface area (Å²) in [4.78, 5) is 22.9. The zero-order valence-corrected chi connectivity index (χ0v) is 14.9. The first-order valence-electron chi connectivity index (χ1n) is 8.59. The molecule has 5 nitrogen and oxygen atoms in total. The molecule has 1 fully saturated rings. The first-order valence-corrected chi connectivity index (χ1v) is 8.59. The van der Waals surface area contributed by atoms with Crippen LogP contribution < -0.4 is 5.32 Å². The van der Waals surface area contributed by atoms with Crippen molar-refractivity contribution >= 4 is 11.9 Å². The van der Waals surface area contributed by atoms with Crippen molar-refractivity contribution in [2.24, 2.45) is 11.3 Å². The summed E-state index contributed by atoms with van der Waals surface area (Å²) in [6.07, 6.45) is 7.78. The van der Waals surface area contributed by atoms with E-state index in [0.717, 1.165) is 19.3 Å². The molecule has 0 aromatic heterocycles. The second-order valence-corrected chi connectivity index (χ2v) is 6.82. The van der Waals surface area contributed by atoms with Crippen LogP contribution in [0.1, 0.15) is 59.8 Å². The summed E-state index contributed by atoms with van der Waals surface area (Å²) < 4.78 is 10.6. The van der Waals surface area contributed by atoms with Crippen molar-refractivity contribution in [1.82, 2.24) is 5.32 Å². The van der Waals surface area contributed by atoms with Crippen molar-refractivity contribution in [3.63, 3.8) is 0 Å². The molecule has 1 aliphatic carbocycles. The molecule has 1 saturated carbocycles. The fraction of sp³-hybridized carbons (Fsp3) is 0.778. The average Bonchev–Trinajstić information content (AvgIpc) is 2.50. The molecule has 0 spiro atoms. The van der Waals surface area contributed by atoms with Gasteiger partial charge in [-0.1, -0.05) is 33.3 Å². The van der Waals surface area contributed by atoms with Gasteiger partial charge in [0.2, 0.25) is 5.91 Å². The second kappa shape index (κ2) is 9.71. The average molecular weight is 325 g/mol. The maximum Gasteiger partial charge on any atom is 0.309 e. The van der Waals surface area contributed by atoms with Crippen molar-refractivity contribution in [3.05, 3.63) is 12.3 Å². The van der Waals surface area contributed by atoms with Crippen LogP contribution >= 0.6 is 0 Å². The number of nitrogens with one attached hydrogen (secondary N) is 1. The minimum absolute atomic E-state index is 0.0581. The lowest BCUT2D eigenvalue weighted by molar-refractivity contribution is -0.142. The molecule has 1 N–H and O–H groups in total. The SMILES string of the molecule is CCOC(=O)CC=CNC(=O)COC1CCCC(C)(C(C)C)C1. The van der Waals surface area contributed by atoms with Gasteiger partial charge in [0.1, 0.15) is 6.61 Å². The Hall–Kier alpha value is -1.36. The van der Waals surface area contributed by atoms with Crippen molar-refractivity contribution in [2.75, 3.05) is 13.2 Å². The summed E-state index contributed by atoms with van der Waals surface area (Å²) >= 11 is 0.